The van der Waals surface area contributed by atoms with Crippen LogP contribution in [0, 0.1) is 0 Å². The van der Waals surface area contributed by atoms with Crippen LogP contribution in [0.15, 0.2) is 60.7 Å². The van der Waals surface area contributed by atoms with Crippen molar-refractivity contribution in [2.45, 2.75) is 13.3 Å². The number of benzene rings is 3. The van der Waals surface area contributed by atoms with E-state index in [4.69, 9.17) is 9.47 Å². The van der Waals surface area contributed by atoms with Gasteiger partial charge in [-0.15, -0.1) is 0 Å². The number of carbonyl (C=O) groups excluding carboxylic acids is 3. The molecule has 5 rings (SSSR count). The molecule has 2 heterocycles. The van der Waals surface area contributed by atoms with Gasteiger partial charge in [0.15, 0.2) is 17.3 Å². The van der Waals surface area contributed by atoms with Crippen LogP contribution in [-0.2, 0) is 11.2 Å². The van der Waals surface area contributed by atoms with Gasteiger partial charge in [0.1, 0.15) is 13.2 Å². The lowest BCUT2D eigenvalue weighted by atomic mass is 9.97. The summed E-state index contributed by atoms with van der Waals surface area (Å²) in [5.41, 5.74) is 3.49. The zero-order valence-electron chi connectivity index (χ0n) is 18.1. The van der Waals surface area contributed by atoms with Crippen LogP contribution in [0.1, 0.15) is 38.8 Å². The summed E-state index contributed by atoms with van der Waals surface area (Å²) in [7, 11) is 0. The molecule has 0 radical (unpaired) electrons. The van der Waals surface area contributed by atoms with Crippen LogP contribution >= 0.6 is 0 Å². The predicted molar refractivity (Wildman–Crippen MR) is 123 cm³/mol. The van der Waals surface area contributed by atoms with Crippen molar-refractivity contribution in [3.63, 3.8) is 0 Å². The number of hydrogen-bond acceptors (Lipinski definition) is 5. The third-order valence-electron chi connectivity index (χ3n) is 5.83. The highest BCUT2D eigenvalue weighted by Gasteiger charge is 2.24. The fraction of sp³-hybridized carbons (Fsp3) is 0.192. The van der Waals surface area contributed by atoms with Crippen LogP contribution in [0.3, 0.4) is 0 Å². The minimum Gasteiger partial charge on any atom is -0.486 e. The Labute approximate surface area is 190 Å². The first-order valence-electron chi connectivity index (χ1n) is 10.8. The second-order valence-electron chi connectivity index (χ2n) is 7.95. The average molecular weight is 442 g/mol. The van der Waals surface area contributed by atoms with Gasteiger partial charge >= 0.3 is 0 Å². The first-order chi connectivity index (χ1) is 16.0. The molecule has 7 heteroatoms. The van der Waals surface area contributed by atoms with Crippen LogP contribution in [0.2, 0.25) is 0 Å². The van der Waals surface area contributed by atoms with Gasteiger partial charge in [-0.3, -0.25) is 14.4 Å². The zero-order chi connectivity index (χ0) is 22.9. The number of nitrogens with zero attached hydrogens (tertiary/aromatic N) is 1. The topological polar surface area (TPSA) is 84.9 Å². The lowest BCUT2D eigenvalue weighted by Gasteiger charge is -2.19. The van der Waals surface area contributed by atoms with Crippen molar-refractivity contribution in [1.29, 1.82) is 0 Å². The van der Waals surface area contributed by atoms with Crippen LogP contribution in [-0.4, -0.2) is 37.4 Å². The maximum atomic E-state index is 13.2. The van der Waals surface area contributed by atoms with Crippen molar-refractivity contribution in [2.75, 3.05) is 30.0 Å². The van der Waals surface area contributed by atoms with E-state index in [1.807, 2.05) is 12.1 Å². The highest BCUT2D eigenvalue weighted by Crippen LogP contribution is 2.33. The number of nitrogens with one attached hydrogen (secondary N) is 1. The fourth-order valence-corrected chi connectivity index (χ4v) is 4.22. The van der Waals surface area contributed by atoms with Crippen LogP contribution in [0.4, 0.5) is 11.4 Å². The number of fused-ring (bicyclic) bond motifs is 2. The van der Waals surface area contributed by atoms with E-state index in [9.17, 15) is 14.4 Å². The van der Waals surface area contributed by atoms with Gasteiger partial charge in [0, 0.05) is 36.0 Å². The van der Waals surface area contributed by atoms with Gasteiger partial charge < -0.3 is 19.7 Å². The number of ketones is 1. The summed E-state index contributed by atoms with van der Waals surface area (Å²) < 4.78 is 11.1. The molecule has 0 atom stereocenters. The Kier molecular flexibility index (Phi) is 5.30. The number of hydrogen-bond donors (Lipinski definition) is 1. The molecule has 33 heavy (non-hydrogen) atoms. The quantitative estimate of drug-likeness (QED) is 0.621. The van der Waals surface area contributed by atoms with E-state index in [1.54, 1.807) is 60.4 Å². The molecule has 0 spiro atoms. The van der Waals surface area contributed by atoms with Crippen LogP contribution in [0.5, 0.6) is 11.5 Å². The Hall–Kier alpha value is -4.13. The average Bonchev–Trinajstić information content (AvgIpc) is 3.27. The standard InChI is InChI=1S/C26H22N2O5/c1-16(29)28-11-10-17-14-19(7-8-22(17)28)27-26(31)21-5-3-2-4-20(21)25(30)18-6-9-23-24(15-18)33-13-12-32-23/h2-9,14-15H,10-13H2,1H3,(H,27,31). The van der Waals surface area contributed by atoms with E-state index in [0.717, 1.165) is 17.7 Å². The fourth-order valence-electron chi connectivity index (χ4n) is 4.22. The number of carbonyl (C=O) groups is 3. The molecular weight excluding hydrogens is 420 g/mol. The monoisotopic (exact) mass is 442 g/mol. The summed E-state index contributed by atoms with van der Waals surface area (Å²) >= 11 is 0. The summed E-state index contributed by atoms with van der Waals surface area (Å²) in [5, 5.41) is 2.89. The SMILES string of the molecule is CC(=O)N1CCc2cc(NC(=O)c3ccccc3C(=O)c3ccc4c(c3)OCCO4)ccc21. The van der Waals surface area contributed by atoms with E-state index in [2.05, 4.69) is 5.32 Å². The third kappa shape index (κ3) is 3.93. The largest absolute Gasteiger partial charge is 0.486 e. The lowest BCUT2D eigenvalue weighted by Crippen LogP contribution is -2.25. The lowest BCUT2D eigenvalue weighted by molar-refractivity contribution is -0.116. The molecule has 3 aromatic carbocycles. The summed E-state index contributed by atoms with van der Waals surface area (Å²) in [5.74, 6) is 0.467. The Bertz CT molecular complexity index is 1280. The summed E-state index contributed by atoms with van der Waals surface area (Å²) in [6.45, 7) is 3.07. The second kappa shape index (κ2) is 8.43. The smallest absolute Gasteiger partial charge is 0.256 e. The van der Waals surface area contributed by atoms with Gasteiger partial charge in [0.05, 0.1) is 5.56 Å². The molecule has 7 nitrogen and oxygen atoms in total. The van der Waals surface area contributed by atoms with Gasteiger partial charge in [-0.05, 0) is 54.4 Å². The molecule has 2 aliphatic heterocycles. The van der Waals surface area contributed by atoms with E-state index >= 15 is 0 Å². The molecule has 0 bridgehead atoms. The summed E-state index contributed by atoms with van der Waals surface area (Å²) in [6, 6.07) is 17.2. The number of rotatable bonds is 4. The van der Waals surface area contributed by atoms with E-state index in [1.165, 1.54) is 0 Å². The number of anilines is 2. The molecule has 166 valence electrons. The second-order valence-corrected chi connectivity index (χ2v) is 7.95. The van der Waals surface area contributed by atoms with Gasteiger partial charge in [-0.25, -0.2) is 0 Å². The molecule has 0 fully saturated rings. The van der Waals surface area contributed by atoms with Crippen molar-refractivity contribution < 1.29 is 23.9 Å². The first-order valence-corrected chi connectivity index (χ1v) is 10.8. The molecule has 2 aliphatic rings. The molecule has 2 amide bonds. The molecule has 0 aliphatic carbocycles. The summed E-state index contributed by atoms with van der Waals surface area (Å²) in [6.07, 6.45) is 0.734. The molecule has 0 saturated heterocycles. The molecule has 1 N–H and O–H groups in total. The van der Waals surface area contributed by atoms with Gasteiger partial charge in [-0.2, -0.15) is 0 Å². The summed E-state index contributed by atoms with van der Waals surface area (Å²) in [4.78, 5) is 39.8. The van der Waals surface area contributed by atoms with Gasteiger partial charge in [0.2, 0.25) is 5.91 Å². The van der Waals surface area contributed by atoms with Crippen molar-refractivity contribution in [1.82, 2.24) is 0 Å². The Balaban J connectivity index is 1.39. The van der Waals surface area contributed by atoms with Crippen LogP contribution < -0.4 is 19.7 Å². The van der Waals surface area contributed by atoms with Crippen molar-refractivity contribution in [2.24, 2.45) is 0 Å². The zero-order valence-corrected chi connectivity index (χ0v) is 18.1. The highest BCUT2D eigenvalue weighted by atomic mass is 16.6. The minimum absolute atomic E-state index is 0.00267. The highest BCUT2D eigenvalue weighted by molar-refractivity contribution is 6.18. The van der Waals surface area contributed by atoms with Gasteiger partial charge in [-0.1, -0.05) is 18.2 Å². The molecule has 0 saturated carbocycles. The van der Waals surface area contributed by atoms with Crippen LogP contribution in [0.25, 0.3) is 0 Å². The third-order valence-corrected chi connectivity index (χ3v) is 5.83. The number of amides is 2. The Morgan fingerprint density at radius 2 is 1.64 bits per heavy atom. The normalized spacial score (nSPS) is 13.9. The van der Waals surface area contributed by atoms with E-state index in [-0.39, 0.29) is 23.2 Å². The molecular formula is C26H22N2O5. The maximum Gasteiger partial charge on any atom is 0.256 e. The van der Waals surface area contributed by atoms with E-state index in [0.29, 0.717) is 48.1 Å². The minimum atomic E-state index is -0.377. The van der Waals surface area contributed by atoms with Crippen molar-refractivity contribution >= 4 is 29.0 Å². The van der Waals surface area contributed by atoms with Gasteiger partial charge in [0.25, 0.3) is 5.91 Å². The first kappa shape index (κ1) is 20.8. The maximum absolute atomic E-state index is 13.2. The Morgan fingerprint density at radius 1 is 0.879 bits per heavy atom. The molecule has 3 aromatic rings. The predicted octanol–water partition coefficient (Wildman–Crippen LogP) is 3.85. The van der Waals surface area contributed by atoms with E-state index < -0.39 is 0 Å². The molecule has 0 unspecified atom stereocenters. The molecule has 0 aromatic heterocycles. The Morgan fingerprint density at radius 3 is 2.42 bits per heavy atom. The van der Waals surface area contributed by atoms with Crippen molar-refractivity contribution in [3.05, 3.63) is 82.9 Å². The van der Waals surface area contributed by atoms with Crippen molar-refractivity contribution in [3.8, 4) is 11.5 Å². The number of ether oxygens (including phenoxy) is 2.